The van der Waals surface area contributed by atoms with E-state index in [1.807, 2.05) is 24.1 Å². The summed E-state index contributed by atoms with van der Waals surface area (Å²) in [5.74, 6) is -1.25. The highest BCUT2D eigenvalue weighted by Gasteiger charge is 2.12. The molecule has 0 aromatic heterocycles. The first-order valence-electron chi connectivity index (χ1n) is 5.88. The number of hydrogen-bond donors (Lipinski definition) is 3. The summed E-state index contributed by atoms with van der Waals surface area (Å²) < 4.78 is 0. The maximum Gasteiger partial charge on any atom is 0.318 e. The van der Waals surface area contributed by atoms with Crippen LogP contribution >= 0.6 is 0 Å². The number of rotatable bonds is 8. The summed E-state index contributed by atoms with van der Waals surface area (Å²) in [6.07, 6.45) is 0.801. The van der Waals surface area contributed by atoms with Gasteiger partial charge in [-0.2, -0.15) is 0 Å². The third-order valence-electron chi connectivity index (χ3n) is 2.45. The number of imide groups is 1. The van der Waals surface area contributed by atoms with Crippen LogP contribution in [-0.2, 0) is 9.59 Å². The fourth-order valence-corrected chi connectivity index (χ4v) is 1.51. The van der Waals surface area contributed by atoms with Crippen molar-refractivity contribution in [1.82, 2.24) is 10.2 Å². The molecule has 0 aliphatic carbocycles. The van der Waals surface area contributed by atoms with Crippen LogP contribution < -0.4 is 11.1 Å². The van der Waals surface area contributed by atoms with Crippen LogP contribution in [0.4, 0.5) is 4.79 Å². The summed E-state index contributed by atoms with van der Waals surface area (Å²) in [4.78, 5) is 34.1. The lowest BCUT2D eigenvalue weighted by molar-refractivity contribution is -0.137. The molecule has 0 aliphatic rings. The molecule has 0 atom stereocenters. The van der Waals surface area contributed by atoms with Gasteiger partial charge in [-0.15, -0.1) is 0 Å². The Morgan fingerprint density at radius 1 is 1.22 bits per heavy atom. The molecular weight excluding hydrogens is 238 g/mol. The second-order valence-corrected chi connectivity index (χ2v) is 4.29. The summed E-state index contributed by atoms with van der Waals surface area (Å²) in [7, 11) is 0. The second-order valence-electron chi connectivity index (χ2n) is 4.29. The molecule has 0 unspecified atom stereocenters. The Kier molecular flexibility index (Phi) is 7.69. The predicted octanol–water partition coefficient (Wildman–Crippen LogP) is 0.147. The summed E-state index contributed by atoms with van der Waals surface area (Å²) in [6, 6.07) is -0.651. The zero-order chi connectivity index (χ0) is 14.1. The molecule has 4 N–H and O–H groups in total. The molecule has 0 saturated heterocycles. The van der Waals surface area contributed by atoms with E-state index in [9.17, 15) is 14.4 Å². The zero-order valence-electron chi connectivity index (χ0n) is 10.8. The molecule has 104 valence electrons. The van der Waals surface area contributed by atoms with Gasteiger partial charge in [-0.3, -0.25) is 14.9 Å². The number of amides is 3. The van der Waals surface area contributed by atoms with Gasteiger partial charge in [0.05, 0.1) is 0 Å². The van der Waals surface area contributed by atoms with Crippen molar-refractivity contribution in [3.63, 3.8) is 0 Å². The van der Waals surface area contributed by atoms with Crippen LogP contribution in [0.25, 0.3) is 0 Å². The summed E-state index contributed by atoms with van der Waals surface area (Å²) >= 11 is 0. The minimum absolute atomic E-state index is 0.108. The highest BCUT2D eigenvalue weighted by Crippen LogP contribution is 2.03. The topological polar surface area (TPSA) is 113 Å². The van der Waals surface area contributed by atoms with Crippen LogP contribution in [0.5, 0.6) is 0 Å². The number of nitrogens with two attached hydrogens (primary N) is 1. The Hall–Kier alpha value is -1.63. The monoisotopic (exact) mass is 259 g/mol. The van der Waals surface area contributed by atoms with Crippen LogP contribution in [0, 0.1) is 0 Å². The molecule has 18 heavy (non-hydrogen) atoms. The van der Waals surface area contributed by atoms with E-state index in [1.54, 1.807) is 0 Å². The average Bonchev–Trinajstić information content (AvgIpc) is 2.20. The van der Waals surface area contributed by atoms with E-state index in [0.717, 1.165) is 0 Å². The maximum atomic E-state index is 11.2. The van der Waals surface area contributed by atoms with Gasteiger partial charge in [0.2, 0.25) is 5.91 Å². The van der Waals surface area contributed by atoms with Gasteiger partial charge >= 0.3 is 12.0 Å². The van der Waals surface area contributed by atoms with Gasteiger partial charge in [0.15, 0.2) is 0 Å². The molecular formula is C11H21N3O4. The van der Waals surface area contributed by atoms with E-state index in [2.05, 4.69) is 0 Å². The van der Waals surface area contributed by atoms with Crippen molar-refractivity contribution >= 4 is 17.9 Å². The van der Waals surface area contributed by atoms with Crippen LogP contribution in [0.1, 0.15) is 33.1 Å². The number of nitrogens with one attached hydrogen (secondary N) is 1. The van der Waals surface area contributed by atoms with Crippen LogP contribution in [0.2, 0.25) is 0 Å². The van der Waals surface area contributed by atoms with E-state index >= 15 is 0 Å². The molecule has 3 amide bonds. The van der Waals surface area contributed by atoms with Gasteiger partial charge in [-0.25, -0.2) is 4.79 Å². The Bertz CT molecular complexity index is 305. The van der Waals surface area contributed by atoms with E-state index in [4.69, 9.17) is 10.8 Å². The smallest absolute Gasteiger partial charge is 0.318 e. The molecule has 0 heterocycles. The van der Waals surface area contributed by atoms with E-state index < -0.39 is 17.9 Å². The molecule has 0 aliphatic heterocycles. The predicted molar refractivity (Wildman–Crippen MR) is 65.9 cm³/mol. The van der Waals surface area contributed by atoms with Crippen molar-refractivity contribution < 1.29 is 19.5 Å². The highest BCUT2D eigenvalue weighted by molar-refractivity contribution is 5.93. The fourth-order valence-electron chi connectivity index (χ4n) is 1.51. The van der Waals surface area contributed by atoms with Gasteiger partial charge in [0.1, 0.15) is 0 Å². The number of aliphatic carboxylic acids is 1. The SMILES string of the molecule is CC(C)N(CCCC(=O)O)CCC(=O)NC(N)=O. The van der Waals surface area contributed by atoms with Gasteiger partial charge in [-0.1, -0.05) is 0 Å². The molecule has 0 bridgehead atoms. The molecule has 0 saturated carbocycles. The quantitative estimate of drug-likeness (QED) is 0.574. The summed E-state index contributed by atoms with van der Waals surface area (Å²) in [6.45, 7) is 5.00. The molecule has 0 rings (SSSR count). The van der Waals surface area contributed by atoms with Crippen molar-refractivity contribution in [3.05, 3.63) is 0 Å². The first kappa shape index (κ1) is 16.4. The minimum atomic E-state index is -0.859. The highest BCUT2D eigenvalue weighted by atomic mass is 16.4. The van der Waals surface area contributed by atoms with Crippen molar-refractivity contribution in [2.24, 2.45) is 5.73 Å². The Morgan fingerprint density at radius 2 is 1.83 bits per heavy atom. The number of hydrogen-bond acceptors (Lipinski definition) is 4. The largest absolute Gasteiger partial charge is 0.481 e. The molecule has 0 fully saturated rings. The number of nitrogens with zero attached hydrogens (tertiary/aromatic N) is 1. The molecule has 0 aromatic carbocycles. The number of urea groups is 1. The Labute approximate surface area is 106 Å². The fraction of sp³-hybridized carbons (Fsp3) is 0.727. The van der Waals surface area contributed by atoms with Crippen LogP contribution in [-0.4, -0.2) is 47.0 Å². The molecule has 0 spiro atoms. The number of carboxylic acids is 1. The number of carboxylic acid groups (broad SMARTS) is 1. The van der Waals surface area contributed by atoms with Crippen molar-refractivity contribution in [2.45, 2.75) is 39.2 Å². The summed E-state index contributed by atoms with van der Waals surface area (Å²) in [5, 5.41) is 10.5. The normalized spacial score (nSPS) is 10.7. The first-order valence-corrected chi connectivity index (χ1v) is 5.88. The first-order chi connectivity index (χ1) is 8.32. The number of primary amides is 1. The van der Waals surface area contributed by atoms with E-state index in [-0.39, 0.29) is 18.9 Å². The average molecular weight is 259 g/mol. The Balaban J connectivity index is 4.00. The van der Waals surface area contributed by atoms with Crippen molar-refractivity contribution in [2.75, 3.05) is 13.1 Å². The van der Waals surface area contributed by atoms with Crippen molar-refractivity contribution in [1.29, 1.82) is 0 Å². The van der Waals surface area contributed by atoms with Crippen molar-refractivity contribution in [3.8, 4) is 0 Å². The second kappa shape index (κ2) is 8.46. The lowest BCUT2D eigenvalue weighted by atomic mass is 10.2. The zero-order valence-corrected chi connectivity index (χ0v) is 10.8. The van der Waals surface area contributed by atoms with Gasteiger partial charge in [0.25, 0.3) is 0 Å². The maximum absolute atomic E-state index is 11.2. The van der Waals surface area contributed by atoms with E-state index in [0.29, 0.717) is 19.5 Å². The standard InChI is InChI=1S/C11H21N3O4/c1-8(2)14(6-3-4-10(16)17)7-5-9(15)13-11(12)18/h8H,3-7H2,1-2H3,(H,16,17)(H3,12,13,15,18). The third kappa shape index (κ3) is 8.51. The van der Waals surface area contributed by atoms with Gasteiger partial charge < -0.3 is 15.7 Å². The molecule has 7 heteroatoms. The van der Waals surface area contributed by atoms with Gasteiger partial charge in [0, 0.05) is 25.4 Å². The molecule has 0 aromatic rings. The third-order valence-corrected chi connectivity index (χ3v) is 2.45. The molecule has 0 radical (unpaired) electrons. The van der Waals surface area contributed by atoms with E-state index in [1.165, 1.54) is 0 Å². The number of carbonyl (C=O) groups is 3. The van der Waals surface area contributed by atoms with Gasteiger partial charge in [-0.05, 0) is 26.8 Å². The lowest BCUT2D eigenvalue weighted by Crippen LogP contribution is -2.39. The summed E-state index contributed by atoms with van der Waals surface area (Å²) in [5.41, 5.74) is 4.82. The minimum Gasteiger partial charge on any atom is -0.481 e. The lowest BCUT2D eigenvalue weighted by Gasteiger charge is -2.25. The molecule has 7 nitrogen and oxygen atoms in total. The van der Waals surface area contributed by atoms with Crippen LogP contribution in [0.15, 0.2) is 0 Å². The Morgan fingerprint density at radius 3 is 2.28 bits per heavy atom. The number of carbonyl (C=O) groups excluding carboxylic acids is 2. The van der Waals surface area contributed by atoms with Crippen LogP contribution in [0.3, 0.4) is 0 Å².